The zero-order valence-electron chi connectivity index (χ0n) is 17.0. The van der Waals surface area contributed by atoms with Crippen molar-refractivity contribution < 1.29 is 14.1 Å². The Kier molecular flexibility index (Phi) is 4.95. The largest absolute Gasteiger partial charge is 0.456 e. The van der Waals surface area contributed by atoms with Gasteiger partial charge in [0.15, 0.2) is 12.3 Å². The summed E-state index contributed by atoms with van der Waals surface area (Å²) >= 11 is 1.52. The topological polar surface area (TPSA) is 95.4 Å². The van der Waals surface area contributed by atoms with Gasteiger partial charge in [0.25, 0.3) is 5.89 Å². The van der Waals surface area contributed by atoms with Crippen LogP contribution in [-0.2, 0) is 22.6 Å². The van der Waals surface area contributed by atoms with Gasteiger partial charge in [0.05, 0.1) is 10.4 Å². The number of hydrogen-bond donors (Lipinski definition) is 0. The van der Waals surface area contributed by atoms with E-state index in [0.29, 0.717) is 12.2 Å². The minimum atomic E-state index is -0.333. The fourth-order valence-electron chi connectivity index (χ4n) is 3.60. The lowest BCUT2D eigenvalue weighted by atomic mass is 10.1. The number of carbonyl (C=O) groups is 1. The molecule has 31 heavy (non-hydrogen) atoms. The molecule has 8 nitrogen and oxygen atoms in total. The normalized spacial score (nSPS) is 11.4. The molecule has 0 radical (unpaired) electrons. The molecule has 4 aromatic heterocycles. The quantitative estimate of drug-likeness (QED) is 0.369. The third-order valence-electron chi connectivity index (χ3n) is 5.16. The summed E-state index contributed by atoms with van der Waals surface area (Å²) in [7, 11) is 0. The molecule has 0 saturated carbocycles. The van der Waals surface area contributed by atoms with Crippen LogP contribution in [0.15, 0.2) is 46.3 Å². The Bertz CT molecular complexity index is 1390. The SMILES string of the molecule is Cc1nc2c3ccccc3nn2c(C)c1CCC(=O)OCc1nc(-c2cccs2)no1. The van der Waals surface area contributed by atoms with Crippen molar-refractivity contribution in [3.05, 3.63) is 64.6 Å². The maximum atomic E-state index is 12.3. The number of aromatic nitrogens is 5. The summed E-state index contributed by atoms with van der Waals surface area (Å²) in [6, 6.07) is 11.7. The van der Waals surface area contributed by atoms with Crippen LogP contribution in [0.3, 0.4) is 0 Å². The van der Waals surface area contributed by atoms with Crippen molar-refractivity contribution in [2.24, 2.45) is 0 Å². The molecule has 0 unspecified atom stereocenters. The summed E-state index contributed by atoms with van der Waals surface area (Å²) in [6.07, 6.45) is 0.738. The van der Waals surface area contributed by atoms with Crippen LogP contribution in [-0.4, -0.2) is 30.7 Å². The summed E-state index contributed by atoms with van der Waals surface area (Å²) in [5, 5.41) is 11.5. The molecule has 4 heterocycles. The van der Waals surface area contributed by atoms with E-state index in [1.165, 1.54) is 11.3 Å². The molecule has 0 amide bonds. The highest BCUT2D eigenvalue weighted by Crippen LogP contribution is 2.23. The minimum Gasteiger partial charge on any atom is -0.456 e. The first-order chi connectivity index (χ1) is 15.1. The first-order valence-corrected chi connectivity index (χ1v) is 10.7. The zero-order chi connectivity index (χ0) is 21.4. The van der Waals surface area contributed by atoms with Gasteiger partial charge in [-0.15, -0.1) is 11.3 Å². The molecule has 1 aromatic carbocycles. The lowest BCUT2D eigenvalue weighted by Crippen LogP contribution is -2.10. The van der Waals surface area contributed by atoms with E-state index >= 15 is 0 Å². The van der Waals surface area contributed by atoms with Gasteiger partial charge in [-0.05, 0) is 49.4 Å². The van der Waals surface area contributed by atoms with Gasteiger partial charge in [-0.1, -0.05) is 23.4 Å². The van der Waals surface area contributed by atoms with Gasteiger partial charge < -0.3 is 9.26 Å². The first kappa shape index (κ1) is 19.4. The molecule has 0 fully saturated rings. The maximum Gasteiger partial charge on any atom is 0.306 e. The van der Waals surface area contributed by atoms with Crippen LogP contribution in [0.1, 0.15) is 29.3 Å². The Hall–Kier alpha value is -3.59. The Balaban J connectivity index is 1.26. The van der Waals surface area contributed by atoms with Gasteiger partial charge in [-0.2, -0.15) is 10.1 Å². The molecular formula is C22H19N5O3S. The van der Waals surface area contributed by atoms with E-state index in [2.05, 4.69) is 15.2 Å². The smallest absolute Gasteiger partial charge is 0.306 e. The number of fused-ring (bicyclic) bond motifs is 3. The van der Waals surface area contributed by atoms with Crippen molar-refractivity contribution in [2.45, 2.75) is 33.3 Å². The Morgan fingerprint density at radius 1 is 1.16 bits per heavy atom. The van der Waals surface area contributed by atoms with E-state index in [-0.39, 0.29) is 24.9 Å². The lowest BCUT2D eigenvalue weighted by Gasteiger charge is -2.10. The van der Waals surface area contributed by atoms with E-state index < -0.39 is 0 Å². The molecule has 0 N–H and O–H groups in total. The molecule has 5 aromatic rings. The van der Waals surface area contributed by atoms with Crippen LogP contribution >= 0.6 is 11.3 Å². The molecule has 0 bridgehead atoms. The van der Waals surface area contributed by atoms with Crippen LogP contribution in [0.5, 0.6) is 0 Å². The Morgan fingerprint density at radius 2 is 2.03 bits per heavy atom. The van der Waals surface area contributed by atoms with Crippen molar-refractivity contribution in [1.29, 1.82) is 0 Å². The number of rotatable bonds is 6. The number of hydrogen-bond acceptors (Lipinski definition) is 8. The fraction of sp³-hybridized carbons (Fsp3) is 0.227. The van der Waals surface area contributed by atoms with Crippen LogP contribution < -0.4 is 0 Å². The molecule has 0 aliphatic rings. The summed E-state index contributed by atoms with van der Waals surface area (Å²) < 4.78 is 12.3. The van der Waals surface area contributed by atoms with E-state index in [1.807, 2.05) is 60.1 Å². The molecule has 0 spiro atoms. The standard InChI is InChI=1S/C22H19N5O3S/c1-13-15(14(2)27-22(23-13)16-6-3-4-7-17(16)25-27)9-10-20(28)29-12-19-24-21(26-30-19)18-8-5-11-31-18/h3-8,11H,9-10,12H2,1-2H3. The zero-order valence-corrected chi connectivity index (χ0v) is 17.8. The summed E-state index contributed by atoms with van der Waals surface area (Å²) in [5.41, 5.74) is 4.59. The van der Waals surface area contributed by atoms with Crippen LogP contribution in [0.25, 0.3) is 27.3 Å². The van der Waals surface area contributed by atoms with Gasteiger partial charge in [-0.25, -0.2) is 9.50 Å². The average Bonchev–Trinajstić information content (AvgIpc) is 3.51. The van der Waals surface area contributed by atoms with Crippen LogP contribution in [0.4, 0.5) is 0 Å². The second-order valence-electron chi connectivity index (χ2n) is 7.16. The fourth-order valence-corrected chi connectivity index (χ4v) is 4.25. The van der Waals surface area contributed by atoms with Crippen molar-refractivity contribution in [3.63, 3.8) is 0 Å². The number of esters is 1. The summed E-state index contributed by atoms with van der Waals surface area (Å²) in [5.74, 6) is 0.439. The van der Waals surface area contributed by atoms with Gasteiger partial charge >= 0.3 is 5.97 Å². The van der Waals surface area contributed by atoms with Crippen LogP contribution in [0.2, 0.25) is 0 Å². The monoisotopic (exact) mass is 433 g/mol. The Labute approximate surface area is 181 Å². The maximum absolute atomic E-state index is 12.3. The van der Waals surface area contributed by atoms with Crippen molar-refractivity contribution in [3.8, 4) is 10.7 Å². The van der Waals surface area contributed by atoms with Crippen molar-refractivity contribution in [2.75, 3.05) is 0 Å². The van der Waals surface area contributed by atoms with Crippen molar-refractivity contribution >= 4 is 33.9 Å². The van der Waals surface area contributed by atoms with E-state index in [0.717, 1.165) is 38.4 Å². The predicted molar refractivity (Wildman–Crippen MR) is 116 cm³/mol. The number of ether oxygens (including phenoxy) is 1. The number of aryl methyl sites for hydroxylation is 2. The highest BCUT2D eigenvalue weighted by Gasteiger charge is 2.16. The van der Waals surface area contributed by atoms with Gasteiger partial charge in [0.1, 0.15) is 0 Å². The van der Waals surface area contributed by atoms with Crippen LogP contribution in [0, 0.1) is 13.8 Å². The van der Waals surface area contributed by atoms with Gasteiger partial charge in [0, 0.05) is 23.2 Å². The molecule has 0 aliphatic carbocycles. The molecule has 0 saturated heterocycles. The molecule has 9 heteroatoms. The number of benzene rings is 1. The van der Waals surface area contributed by atoms with E-state index in [1.54, 1.807) is 0 Å². The van der Waals surface area contributed by atoms with Gasteiger partial charge in [0.2, 0.25) is 5.82 Å². The van der Waals surface area contributed by atoms with E-state index in [9.17, 15) is 4.79 Å². The van der Waals surface area contributed by atoms with Crippen molar-refractivity contribution in [1.82, 2.24) is 24.7 Å². The molecule has 0 atom stereocenters. The average molecular weight is 433 g/mol. The third kappa shape index (κ3) is 3.68. The third-order valence-corrected chi connectivity index (χ3v) is 6.03. The highest BCUT2D eigenvalue weighted by molar-refractivity contribution is 7.13. The molecule has 156 valence electrons. The van der Waals surface area contributed by atoms with Gasteiger partial charge in [-0.3, -0.25) is 4.79 Å². The van der Waals surface area contributed by atoms with E-state index in [4.69, 9.17) is 14.2 Å². The first-order valence-electron chi connectivity index (χ1n) is 9.86. The second-order valence-corrected chi connectivity index (χ2v) is 8.11. The molecule has 5 rings (SSSR count). The number of thiophene rings is 1. The number of nitrogens with zero attached hydrogens (tertiary/aromatic N) is 5. The number of carbonyl (C=O) groups excluding carboxylic acids is 1. The Morgan fingerprint density at radius 3 is 2.87 bits per heavy atom. The summed E-state index contributed by atoms with van der Waals surface area (Å²) in [4.78, 5) is 22.2. The second kappa shape index (κ2) is 7.92. The minimum absolute atomic E-state index is 0.0446. The molecular weight excluding hydrogens is 414 g/mol. The highest BCUT2D eigenvalue weighted by atomic mass is 32.1. The molecule has 0 aliphatic heterocycles. The summed E-state index contributed by atoms with van der Waals surface area (Å²) in [6.45, 7) is 3.91. The lowest BCUT2D eigenvalue weighted by molar-refractivity contribution is -0.145. The predicted octanol–water partition coefficient (Wildman–Crippen LogP) is 4.29.